The van der Waals surface area contributed by atoms with Crippen LogP contribution in [0.3, 0.4) is 0 Å². The lowest BCUT2D eigenvalue weighted by Crippen LogP contribution is -2.32. The molecular formula is C10H19N3OS. The molecule has 4 nitrogen and oxygen atoms in total. The molecule has 0 amide bonds. The highest BCUT2D eigenvalue weighted by Crippen LogP contribution is 2.17. The largest absolute Gasteiger partial charge is 0.395 e. The van der Waals surface area contributed by atoms with Gasteiger partial charge in [-0.1, -0.05) is 6.92 Å². The smallest absolute Gasteiger partial charge is 0.0625 e. The van der Waals surface area contributed by atoms with Gasteiger partial charge >= 0.3 is 0 Å². The molecule has 2 N–H and O–H groups in total. The van der Waals surface area contributed by atoms with Gasteiger partial charge in [0.15, 0.2) is 0 Å². The summed E-state index contributed by atoms with van der Waals surface area (Å²) in [6.45, 7) is 3.17. The fraction of sp³-hybridized carbons (Fsp3) is 0.700. The van der Waals surface area contributed by atoms with E-state index in [1.54, 1.807) is 16.4 Å². The van der Waals surface area contributed by atoms with Crippen LogP contribution < -0.4 is 5.32 Å². The third-order valence-corrected chi connectivity index (χ3v) is 3.11. The number of aryl methyl sites for hydroxylation is 1. The fourth-order valence-electron chi connectivity index (χ4n) is 1.34. The van der Waals surface area contributed by atoms with E-state index in [0.29, 0.717) is 0 Å². The molecule has 0 radical (unpaired) electrons. The number of aliphatic hydroxyl groups excluding tert-OH is 1. The summed E-state index contributed by atoms with van der Waals surface area (Å²) in [5.74, 6) is 1.00. The average molecular weight is 229 g/mol. The van der Waals surface area contributed by atoms with Crippen LogP contribution in [0.25, 0.3) is 0 Å². The number of thioether (sulfide) groups is 1. The fourth-order valence-corrected chi connectivity index (χ4v) is 2.33. The molecule has 0 aliphatic carbocycles. The number of aliphatic hydroxyl groups is 1. The zero-order valence-corrected chi connectivity index (χ0v) is 10.1. The topological polar surface area (TPSA) is 50.1 Å². The first kappa shape index (κ1) is 12.5. The van der Waals surface area contributed by atoms with Gasteiger partial charge in [-0.2, -0.15) is 5.10 Å². The zero-order chi connectivity index (χ0) is 11.1. The summed E-state index contributed by atoms with van der Waals surface area (Å²) in [5, 5.41) is 16.4. The van der Waals surface area contributed by atoms with Crippen LogP contribution in [-0.4, -0.2) is 39.8 Å². The molecule has 0 aliphatic rings. The Morgan fingerprint density at radius 1 is 1.67 bits per heavy atom. The van der Waals surface area contributed by atoms with Gasteiger partial charge in [0.2, 0.25) is 0 Å². The quantitative estimate of drug-likeness (QED) is 0.681. The van der Waals surface area contributed by atoms with Crippen molar-refractivity contribution >= 4 is 11.8 Å². The Kier molecular flexibility index (Phi) is 5.75. The van der Waals surface area contributed by atoms with Crippen molar-refractivity contribution in [3.63, 3.8) is 0 Å². The molecule has 0 aromatic carbocycles. The lowest BCUT2D eigenvalue weighted by atomic mass is 10.2. The van der Waals surface area contributed by atoms with Crippen molar-refractivity contribution in [3.8, 4) is 0 Å². The minimum Gasteiger partial charge on any atom is -0.395 e. The number of hydrogen-bond donors (Lipinski definition) is 2. The van der Waals surface area contributed by atoms with E-state index in [2.05, 4.69) is 17.3 Å². The molecule has 0 saturated heterocycles. The van der Waals surface area contributed by atoms with E-state index in [9.17, 15) is 0 Å². The van der Waals surface area contributed by atoms with Gasteiger partial charge in [-0.25, -0.2) is 0 Å². The van der Waals surface area contributed by atoms with Gasteiger partial charge in [-0.3, -0.25) is 4.68 Å². The summed E-state index contributed by atoms with van der Waals surface area (Å²) < 4.78 is 1.80. The van der Waals surface area contributed by atoms with Crippen molar-refractivity contribution < 1.29 is 5.11 Å². The molecule has 1 heterocycles. The molecule has 0 fully saturated rings. The number of likely N-dealkylation sites (N-methyl/N-ethyl adjacent to an activating group) is 1. The maximum atomic E-state index is 9.07. The standard InChI is InChI=1S/C10H19N3OS/c1-3-11-9(8-14)4-5-15-10-6-12-13(2)7-10/h6-7,9,11,14H,3-5,8H2,1-2H3. The van der Waals surface area contributed by atoms with Crippen molar-refractivity contribution in [3.05, 3.63) is 12.4 Å². The molecule has 15 heavy (non-hydrogen) atoms. The predicted octanol–water partition coefficient (Wildman–Crippen LogP) is 0.873. The Morgan fingerprint density at radius 3 is 3.00 bits per heavy atom. The van der Waals surface area contributed by atoms with Gasteiger partial charge in [0.25, 0.3) is 0 Å². The molecule has 86 valence electrons. The maximum absolute atomic E-state index is 9.07. The highest BCUT2D eigenvalue weighted by atomic mass is 32.2. The molecule has 1 aromatic heterocycles. The van der Waals surface area contributed by atoms with Crippen LogP contribution in [0, 0.1) is 0 Å². The summed E-state index contributed by atoms with van der Waals surface area (Å²) in [7, 11) is 1.92. The van der Waals surface area contributed by atoms with E-state index in [-0.39, 0.29) is 12.6 Å². The van der Waals surface area contributed by atoms with E-state index in [4.69, 9.17) is 5.11 Å². The van der Waals surface area contributed by atoms with E-state index in [0.717, 1.165) is 18.7 Å². The first-order valence-corrected chi connectivity index (χ1v) is 6.20. The van der Waals surface area contributed by atoms with Crippen molar-refractivity contribution in [2.24, 2.45) is 7.05 Å². The zero-order valence-electron chi connectivity index (χ0n) is 9.31. The van der Waals surface area contributed by atoms with Crippen molar-refractivity contribution in [2.75, 3.05) is 18.9 Å². The molecule has 0 bridgehead atoms. The molecule has 5 heteroatoms. The maximum Gasteiger partial charge on any atom is 0.0625 e. The van der Waals surface area contributed by atoms with Crippen molar-refractivity contribution in [2.45, 2.75) is 24.3 Å². The van der Waals surface area contributed by atoms with E-state index < -0.39 is 0 Å². The van der Waals surface area contributed by atoms with Gasteiger partial charge in [-0.15, -0.1) is 11.8 Å². The third kappa shape index (κ3) is 4.68. The second-order valence-corrected chi connectivity index (χ2v) is 4.59. The van der Waals surface area contributed by atoms with E-state index >= 15 is 0 Å². The Bertz CT molecular complexity index is 277. The van der Waals surface area contributed by atoms with Crippen LogP contribution in [0.1, 0.15) is 13.3 Å². The van der Waals surface area contributed by atoms with Gasteiger partial charge in [0.05, 0.1) is 12.8 Å². The highest BCUT2D eigenvalue weighted by molar-refractivity contribution is 7.99. The van der Waals surface area contributed by atoms with Gasteiger partial charge in [0.1, 0.15) is 0 Å². The van der Waals surface area contributed by atoms with Crippen LogP contribution in [0.4, 0.5) is 0 Å². The first-order chi connectivity index (χ1) is 7.26. The summed E-state index contributed by atoms with van der Waals surface area (Å²) >= 11 is 1.78. The number of rotatable bonds is 7. The van der Waals surface area contributed by atoms with Crippen LogP contribution in [0.2, 0.25) is 0 Å². The van der Waals surface area contributed by atoms with E-state index in [1.165, 1.54) is 4.90 Å². The monoisotopic (exact) mass is 229 g/mol. The van der Waals surface area contributed by atoms with Crippen molar-refractivity contribution in [1.82, 2.24) is 15.1 Å². The first-order valence-electron chi connectivity index (χ1n) is 5.22. The summed E-state index contributed by atoms with van der Waals surface area (Å²) in [5.41, 5.74) is 0. The van der Waals surface area contributed by atoms with Gasteiger partial charge in [0, 0.05) is 24.2 Å². The second kappa shape index (κ2) is 6.87. The Balaban J connectivity index is 2.20. The van der Waals surface area contributed by atoms with Crippen molar-refractivity contribution in [1.29, 1.82) is 0 Å². The van der Waals surface area contributed by atoms with Crippen LogP contribution in [0.5, 0.6) is 0 Å². The number of aromatic nitrogens is 2. The average Bonchev–Trinajstić information content (AvgIpc) is 2.63. The Labute approximate surface area is 95.1 Å². The van der Waals surface area contributed by atoms with Gasteiger partial charge in [-0.05, 0) is 18.7 Å². The SMILES string of the molecule is CCNC(CO)CCSc1cnn(C)c1. The van der Waals surface area contributed by atoms with Crippen LogP contribution in [-0.2, 0) is 7.05 Å². The molecule has 1 atom stereocenters. The molecule has 0 spiro atoms. The molecule has 1 unspecified atom stereocenters. The molecule has 1 aromatic rings. The minimum absolute atomic E-state index is 0.210. The predicted molar refractivity (Wildman–Crippen MR) is 63.1 cm³/mol. The molecule has 0 aliphatic heterocycles. The molecular weight excluding hydrogens is 210 g/mol. The normalized spacial score (nSPS) is 13.0. The molecule has 1 rings (SSSR count). The third-order valence-electron chi connectivity index (χ3n) is 2.13. The lowest BCUT2D eigenvalue weighted by molar-refractivity contribution is 0.242. The summed E-state index contributed by atoms with van der Waals surface area (Å²) in [6, 6.07) is 0.221. The minimum atomic E-state index is 0.210. The Hall–Kier alpha value is -0.520. The van der Waals surface area contributed by atoms with E-state index in [1.807, 2.05) is 19.4 Å². The number of hydrogen-bond acceptors (Lipinski definition) is 4. The summed E-state index contributed by atoms with van der Waals surface area (Å²) in [6.07, 6.45) is 4.85. The Morgan fingerprint density at radius 2 is 2.47 bits per heavy atom. The number of nitrogens with one attached hydrogen (secondary N) is 1. The molecule has 0 saturated carbocycles. The van der Waals surface area contributed by atoms with Gasteiger partial charge < -0.3 is 10.4 Å². The van der Waals surface area contributed by atoms with Crippen LogP contribution in [0.15, 0.2) is 17.3 Å². The van der Waals surface area contributed by atoms with Crippen LogP contribution >= 0.6 is 11.8 Å². The number of nitrogens with zero attached hydrogens (tertiary/aromatic N) is 2. The second-order valence-electron chi connectivity index (χ2n) is 3.42. The highest BCUT2D eigenvalue weighted by Gasteiger charge is 2.05. The lowest BCUT2D eigenvalue weighted by Gasteiger charge is -2.13. The summed E-state index contributed by atoms with van der Waals surface area (Å²) in [4.78, 5) is 1.19.